The van der Waals surface area contributed by atoms with Crippen molar-refractivity contribution < 1.29 is 9.59 Å². The predicted octanol–water partition coefficient (Wildman–Crippen LogP) is 3.98. The van der Waals surface area contributed by atoms with E-state index in [1.165, 1.54) is 0 Å². The number of benzene rings is 1. The molecule has 0 saturated carbocycles. The first kappa shape index (κ1) is 15.2. The van der Waals surface area contributed by atoms with E-state index in [-0.39, 0.29) is 17.7 Å². The largest absolute Gasteiger partial charge is 0.288 e. The predicted molar refractivity (Wildman–Crippen MR) is 84.5 cm³/mol. The van der Waals surface area contributed by atoms with Crippen molar-refractivity contribution in [3.05, 3.63) is 59.2 Å². The van der Waals surface area contributed by atoms with E-state index in [4.69, 9.17) is 0 Å². The van der Waals surface area contributed by atoms with Crippen LogP contribution in [0.1, 0.15) is 65.3 Å². The van der Waals surface area contributed by atoms with Crippen molar-refractivity contribution in [3.63, 3.8) is 0 Å². The topological polar surface area (TPSA) is 46.2 Å². The van der Waals surface area contributed by atoms with E-state index in [9.17, 15) is 9.59 Å². The molecule has 1 aromatic carbocycles. The first-order valence-electron chi connectivity index (χ1n) is 7.50. The van der Waals surface area contributed by atoms with Crippen LogP contribution in [0.5, 0.6) is 0 Å². The summed E-state index contributed by atoms with van der Waals surface area (Å²) in [7, 11) is 0. The number of rotatable bonds is 6. The zero-order chi connectivity index (χ0) is 15.2. The van der Waals surface area contributed by atoms with Crippen molar-refractivity contribution in [2.45, 2.75) is 39.0 Å². The minimum atomic E-state index is -0.298. The Balaban J connectivity index is 2.18. The fourth-order valence-corrected chi connectivity index (χ4v) is 2.44. The van der Waals surface area contributed by atoms with E-state index in [0.717, 1.165) is 24.8 Å². The fraction of sp³-hybridized carbons (Fsp3) is 0.333. The lowest BCUT2D eigenvalue weighted by molar-refractivity contribution is 0.0879. The highest BCUT2D eigenvalue weighted by Gasteiger charge is 2.27. The number of carbonyl (C=O) groups excluding carboxylic acids is 2. The van der Waals surface area contributed by atoms with Crippen LogP contribution >= 0.6 is 0 Å². The van der Waals surface area contributed by atoms with Crippen molar-refractivity contribution in [2.24, 2.45) is 0 Å². The quantitative estimate of drug-likeness (QED) is 0.634. The highest BCUT2D eigenvalue weighted by atomic mass is 16.2. The number of hydrogen-bond acceptors (Lipinski definition) is 2. The maximum Gasteiger partial charge on any atom is 0.258 e. The first-order chi connectivity index (χ1) is 10.2. The van der Waals surface area contributed by atoms with E-state index in [1.54, 1.807) is 6.07 Å². The molecule has 3 heteroatoms. The van der Waals surface area contributed by atoms with Gasteiger partial charge in [0.15, 0.2) is 0 Å². The number of fused-ring (bicyclic) bond motifs is 1. The molecule has 0 bridgehead atoms. The van der Waals surface area contributed by atoms with Gasteiger partial charge in [-0.3, -0.25) is 14.9 Å². The normalized spacial score (nSPS) is 15.7. The van der Waals surface area contributed by atoms with Gasteiger partial charge in [-0.25, -0.2) is 0 Å². The molecule has 1 aromatic rings. The summed E-state index contributed by atoms with van der Waals surface area (Å²) in [5.41, 5.74) is 2.04. The molecule has 21 heavy (non-hydrogen) atoms. The summed E-state index contributed by atoms with van der Waals surface area (Å²) in [5.74, 6) is -0.337. The Morgan fingerprint density at radius 3 is 2.57 bits per heavy atom. The zero-order valence-corrected chi connectivity index (χ0v) is 12.6. The lowest BCUT2D eigenvalue weighted by Crippen LogP contribution is -2.19. The zero-order valence-electron chi connectivity index (χ0n) is 12.6. The van der Waals surface area contributed by atoms with Crippen molar-refractivity contribution in [3.8, 4) is 0 Å². The molecule has 0 radical (unpaired) electrons. The van der Waals surface area contributed by atoms with Gasteiger partial charge in [0.1, 0.15) is 0 Å². The van der Waals surface area contributed by atoms with Gasteiger partial charge in [-0.05, 0) is 30.5 Å². The van der Waals surface area contributed by atoms with Crippen molar-refractivity contribution in [1.29, 1.82) is 0 Å². The SMILES string of the molecule is CCC/C=C/C=C/C(CC)c1ccc2c(c1)C(=O)NC2=O. The molecule has 110 valence electrons. The Hall–Kier alpha value is -2.16. The number of hydrogen-bond donors (Lipinski definition) is 1. The Morgan fingerprint density at radius 2 is 1.86 bits per heavy atom. The maximum atomic E-state index is 11.7. The standard InChI is InChI=1S/C18H21NO2/c1-3-5-6-7-8-9-13(4-2)14-10-11-15-16(12-14)18(21)19-17(15)20/h6-13H,3-5H2,1-2H3,(H,19,20,21)/b7-6+,9-8+. The summed E-state index contributed by atoms with van der Waals surface area (Å²) in [6.07, 6.45) is 11.6. The minimum Gasteiger partial charge on any atom is -0.288 e. The number of unbranched alkanes of at least 4 members (excludes halogenated alkanes) is 1. The highest BCUT2D eigenvalue weighted by Crippen LogP contribution is 2.25. The minimum absolute atomic E-state index is 0.255. The number of amides is 2. The number of nitrogens with one attached hydrogen (secondary N) is 1. The Bertz CT molecular complexity index is 599. The Morgan fingerprint density at radius 1 is 1.10 bits per heavy atom. The van der Waals surface area contributed by atoms with E-state index in [0.29, 0.717) is 11.1 Å². The lowest BCUT2D eigenvalue weighted by Gasteiger charge is -2.11. The fourth-order valence-electron chi connectivity index (χ4n) is 2.44. The molecule has 1 unspecified atom stereocenters. The van der Waals surface area contributed by atoms with Gasteiger partial charge in [0.2, 0.25) is 0 Å². The smallest absolute Gasteiger partial charge is 0.258 e. The Kier molecular flexibility index (Phi) is 5.09. The molecule has 1 aliphatic rings. The van der Waals surface area contributed by atoms with Crippen LogP contribution in [0.25, 0.3) is 0 Å². The molecule has 1 aliphatic heterocycles. The van der Waals surface area contributed by atoms with Crippen LogP contribution in [0.4, 0.5) is 0 Å². The molecule has 0 saturated heterocycles. The summed E-state index contributed by atoms with van der Waals surface area (Å²) >= 11 is 0. The van der Waals surface area contributed by atoms with Gasteiger partial charge in [-0.15, -0.1) is 0 Å². The molecular formula is C18H21NO2. The van der Waals surface area contributed by atoms with Crippen LogP contribution in [-0.4, -0.2) is 11.8 Å². The van der Waals surface area contributed by atoms with E-state index >= 15 is 0 Å². The van der Waals surface area contributed by atoms with Gasteiger partial charge in [-0.1, -0.05) is 50.6 Å². The van der Waals surface area contributed by atoms with Gasteiger partial charge in [-0.2, -0.15) is 0 Å². The average molecular weight is 283 g/mol. The van der Waals surface area contributed by atoms with E-state index in [1.807, 2.05) is 12.1 Å². The van der Waals surface area contributed by atoms with Crippen LogP contribution in [-0.2, 0) is 0 Å². The highest BCUT2D eigenvalue weighted by molar-refractivity contribution is 6.21. The van der Waals surface area contributed by atoms with Crippen molar-refractivity contribution >= 4 is 11.8 Å². The average Bonchev–Trinajstić information content (AvgIpc) is 2.77. The molecular weight excluding hydrogens is 262 g/mol. The van der Waals surface area contributed by atoms with Crippen molar-refractivity contribution in [1.82, 2.24) is 5.32 Å². The second kappa shape index (κ2) is 7.02. The maximum absolute atomic E-state index is 11.7. The molecule has 2 rings (SSSR count). The van der Waals surface area contributed by atoms with Gasteiger partial charge in [0.25, 0.3) is 11.8 Å². The van der Waals surface area contributed by atoms with Crippen LogP contribution in [0.15, 0.2) is 42.5 Å². The number of carbonyl (C=O) groups is 2. The van der Waals surface area contributed by atoms with Crippen LogP contribution in [0.3, 0.4) is 0 Å². The lowest BCUT2D eigenvalue weighted by atomic mass is 9.93. The monoisotopic (exact) mass is 283 g/mol. The van der Waals surface area contributed by atoms with E-state index in [2.05, 4.69) is 43.5 Å². The van der Waals surface area contributed by atoms with Gasteiger partial charge >= 0.3 is 0 Å². The number of imide groups is 1. The molecule has 0 aromatic heterocycles. The van der Waals surface area contributed by atoms with Crippen LogP contribution in [0.2, 0.25) is 0 Å². The summed E-state index contributed by atoms with van der Waals surface area (Å²) in [6.45, 7) is 4.27. The van der Waals surface area contributed by atoms with Gasteiger partial charge in [0, 0.05) is 5.92 Å². The molecule has 1 heterocycles. The molecule has 0 aliphatic carbocycles. The number of allylic oxidation sites excluding steroid dienone is 4. The van der Waals surface area contributed by atoms with Crippen LogP contribution in [0, 0.1) is 0 Å². The third kappa shape index (κ3) is 3.48. The summed E-state index contributed by atoms with van der Waals surface area (Å²) in [4.78, 5) is 23.3. The summed E-state index contributed by atoms with van der Waals surface area (Å²) in [6, 6.07) is 5.52. The summed E-state index contributed by atoms with van der Waals surface area (Å²) < 4.78 is 0. The van der Waals surface area contributed by atoms with E-state index < -0.39 is 0 Å². The second-order valence-electron chi connectivity index (χ2n) is 5.20. The molecule has 1 atom stereocenters. The van der Waals surface area contributed by atoms with Crippen molar-refractivity contribution in [2.75, 3.05) is 0 Å². The molecule has 0 fully saturated rings. The molecule has 1 N–H and O–H groups in total. The van der Waals surface area contributed by atoms with Crippen LogP contribution < -0.4 is 5.32 Å². The van der Waals surface area contributed by atoms with Gasteiger partial charge < -0.3 is 0 Å². The molecule has 3 nitrogen and oxygen atoms in total. The first-order valence-corrected chi connectivity index (χ1v) is 7.50. The Labute approximate surface area is 125 Å². The second-order valence-corrected chi connectivity index (χ2v) is 5.20. The third-order valence-electron chi connectivity index (χ3n) is 3.67. The third-order valence-corrected chi connectivity index (χ3v) is 3.67. The molecule has 2 amide bonds. The summed E-state index contributed by atoms with van der Waals surface area (Å²) in [5, 5.41) is 2.33. The molecule has 0 spiro atoms. The van der Waals surface area contributed by atoms with Gasteiger partial charge in [0.05, 0.1) is 11.1 Å².